The lowest BCUT2D eigenvalue weighted by molar-refractivity contribution is 0.261. The Morgan fingerprint density at radius 3 is 2.18 bits per heavy atom. The summed E-state index contributed by atoms with van der Waals surface area (Å²) >= 11 is 0. The summed E-state index contributed by atoms with van der Waals surface area (Å²) in [7, 11) is 4.26. The minimum absolute atomic E-state index is 0.0733. The van der Waals surface area contributed by atoms with E-state index < -0.39 is 5.82 Å². The Labute approximate surface area is 99.9 Å². The Bertz CT molecular complexity index is 393. The molecule has 17 heavy (non-hydrogen) atoms. The lowest BCUT2D eigenvalue weighted by atomic mass is 9.98. The van der Waals surface area contributed by atoms with Crippen LogP contribution in [0.3, 0.4) is 0 Å². The normalized spacial score (nSPS) is 12.1. The number of methoxy groups -OCH3 is 3. The van der Waals surface area contributed by atoms with Gasteiger partial charge in [0.25, 0.3) is 0 Å². The van der Waals surface area contributed by atoms with Crippen molar-refractivity contribution in [2.45, 2.75) is 12.8 Å². The van der Waals surface area contributed by atoms with E-state index in [0.717, 1.165) is 0 Å². The predicted octanol–water partition coefficient (Wildman–Crippen LogP) is 1.95. The third-order valence-corrected chi connectivity index (χ3v) is 2.58. The van der Waals surface area contributed by atoms with E-state index in [0.29, 0.717) is 11.3 Å². The van der Waals surface area contributed by atoms with Crippen LogP contribution in [0.1, 0.15) is 18.4 Å². The van der Waals surface area contributed by atoms with Crippen molar-refractivity contribution in [1.82, 2.24) is 0 Å². The molecule has 0 bridgehead atoms. The molecule has 96 valence electrons. The van der Waals surface area contributed by atoms with Crippen LogP contribution in [0.4, 0.5) is 4.39 Å². The molecule has 1 atom stereocenters. The summed E-state index contributed by atoms with van der Waals surface area (Å²) in [6.45, 7) is 1.61. The summed E-state index contributed by atoms with van der Waals surface area (Å²) in [5.74, 6) is -0.123. The number of benzene rings is 1. The van der Waals surface area contributed by atoms with Crippen LogP contribution in [0.15, 0.2) is 6.07 Å². The molecule has 0 aromatic heterocycles. The van der Waals surface area contributed by atoms with Crippen molar-refractivity contribution in [1.29, 1.82) is 0 Å². The molecule has 0 heterocycles. The standard InChI is InChI=1S/C12H17FO4/c1-7(6-14)10-11(16-3)8(13)5-9(15-2)12(10)17-4/h5,7,14H,6H2,1-4H3. The first-order valence-corrected chi connectivity index (χ1v) is 5.19. The quantitative estimate of drug-likeness (QED) is 0.860. The van der Waals surface area contributed by atoms with E-state index in [1.54, 1.807) is 6.92 Å². The molecule has 1 aromatic carbocycles. The molecule has 1 rings (SSSR count). The monoisotopic (exact) mass is 244 g/mol. The van der Waals surface area contributed by atoms with Gasteiger partial charge in [-0.25, -0.2) is 4.39 Å². The molecule has 0 saturated carbocycles. The van der Waals surface area contributed by atoms with Gasteiger partial charge in [0.05, 0.1) is 21.3 Å². The van der Waals surface area contributed by atoms with Crippen molar-refractivity contribution in [3.8, 4) is 17.2 Å². The van der Waals surface area contributed by atoms with E-state index >= 15 is 0 Å². The topological polar surface area (TPSA) is 47.9 Å². The first-order valence-electron chi connectivity index (χ1n) is 5.19. The molecule has 0 aliphatic rings. The number of halogens is 1. The zero-order valence-electron chi connectivity index (χ0n) is 10.4. The summed E-state index contributed by atoms with van der Waals surface area (Å²) in [6.07, 6.45) is 0. The van der Waals surface area contributed by atoms with Gasteiger partial charge in [0, 0.05) is 24.2 Å². The molecular formula is C12H17FO4. The average Bonchev–Trinajstić information content (AvgIpc) is 2.36. The maximum Gasteiger partial charge on any atom is 0.169 e. The summed E-state index contributed by atoms with van der Waals surface area (Å²) in [5, 5.41) is 9.21. The first kappa shape index (κ1) is 13.6. The number of ether oxygens (including phenoxy) is 3. The summed E-state index contributed by atoms with van der Waals surface area (Å²) < 4.78 is 29.0. The van der Waals surface area contributed by atoms with Gasteiger partial charge >= 0.3 is 0 Å². The van der Waals surface area contributed by atoms with E-state index in [-0.39, 0.29) is 24.0 Å². The van der Waals surface area contributed by atoms with E-state index in [9.17, 15) is 9.50 Å². The smallest absolute Gasteiger partial charge is 0.169 e. The second kappa shape index (κ2) is 5.72. The third-order valence-electron chi connectivity index (χ3n) is 2.58. The fourth-order valence-corrected chi connectivity index (χ4v) is 1.72. The number of hydrogen-bond acceptors (Lipinski definition) is 4. The maximum absolute atomic E-state index is 13.8. The van der Waals surface area contributed by atoms with Crippen molar-refractivity contribution < 1.29 is 23.7 Å². The molecule has 1 N–H and O–H groups in total. The molecule has 0 fully saturated rings. The van der Waals surface area contributed by atoms with Gasteiger partial charge < -0.3 is 19.3 Å². The van der Waals surface area contributed by atoms with Crippen molar-refractivity contribution in [3.63, 3.8) is 0 Å². The van der Waals surface area contributed by atoms with Crippen molar-refractivity contribution in [2.75, 3.05) is 27.9 Å². The first-order chi connectivity index (χ1) is 8.10. The van der Waals surface area contributed by atoms with Crippen LogP contribution >= 0.6 is 0 Å². The van der Waals surface area contributed by atoms with Gasteiger partial charge in [-0.2, -0.15) is 0 Å². The summed E-state index contributed by atoms with van der Waals surface area (Å²) in [4.78, 5) is 0. The number of aliphatic hydroxyl groups excluding tert-OH is 1. The fourth-order valence-electron chi connectivity index (χ4n) is 1.72. The maximum atomic E-state index is 13.8. The van der Waals surface area contributed by atoms with E-state index in [1.165, 1.54) is 27.4 Å². The van der Waals surface area contributed by atoms with Crippen LogP contribution in [0.25, 0.3) is 0 Å². The number of rotatable bonds is 5. The predicted molar refractivity (Wildman–Crippen MR) is 61.6 cm³/mol. The zero-order valence-corrected chi connectivity index (χ0v) is 10.4. The molecule has 0 amide bonds. The fraction of sp³-hybridized carbons (Fsp3) is 0.500. The number of aliphatic hydroxyl groups is 1. The van der Waals surface area contributed by atoms with Gasteiger partial charge in [-0.15, -0.1) is 0 Å². The largest absolute Gasteiger partial charge is 0.493 e. The minimum Gasteiger partial charge on any atom is -0.493 e. The second-order valence-electron chi connectivity index (χ2n) is 3.62. The van der Waals surface area contributed by atoms with Gasteiger partial charge in [0.1, 0.15) is 0 Å². The van der Waals surface area contributed by atoms with Crippen LogP contribution in [-0.2, 0) is 0 Å². The van der Waals surface area contributed by atoms with E-state index in [1.807, 2.05) is 0 Å². The van der Waals surface area contributed by atoms with E-state index in [2.05, 4.69) is 0 Å². The van der Waals surface area contributed by atoms with Gasteiger partial charge in [-0.05, 0) is 0 Å². The highest BCUT2D eigenvalue weighted by Gasteiger charge is 2.24. The van der Waals surface area contributed by atoms with Crippen LogP contribution in [0, 0.1) is 5.82 Å². The molecule has 1 unspecified atom stereocenters. The van der Waals surface area contributed by atoms with Crippen molar-refractivity contribution in [2.24, 2.45) is 0 Å². The molecule has 0 aliphatic carbocycles. The average molecular weight is 244 g/mol. The molecule has 0 aliphatic heterocycles. The zero-order chi connectivity index (χ0) is 13.0. The molecular weight excluding hydrogens is 227 g/mol. The van der Waals surface area contributed by atoms with Gasteiger partial charge in [0.2, 0.25) is 0 Å². The molecule has 0 radical (unpaired) electrons. The molecule has 0 saturated heterocycles. The van der Waals surface area contributed by atoms with E-state index in [4.69, 9.17) is 14.2 Å². The highest BCUT2D eigenvalue weighted by atomic mass is 19.1. The molecule has 1 aromatic rings. The Kier molecular flexibility index (Phi) is 4.57. The molecule has 5 heteroatoms. The van der Waals surface area contributed by atoms with Crippen LogP contribution in [0.5, 0.6) is 17.2 Å². The van der Waals surface area contributed by atoms with Gasteiger partial charge in [-0.1, -0.05) is 6.92 Å². The summed E-state index contributed by atoms with van der Waals surface area (Å²) in [5.41, 5.74) is 0.467. The lowest BCUT2D eigenvalue weighted by Gasteiger charge is -2.20. The Balaban J connectivity index is 3.52. The SMILES string of the molecule is COc1cc(F)c(OC)c(C(C)CO)c1OC. The van der Waals surface area contributed by atoms with Crippen molar-refractivity contribution >= 4 is 0 Å². The van der Waals surface area contributed by atoms with Gasteiger partial charge in [0.15, 0.2) is 23.1 Å². The third kappa shape index (κ3) is 2.44. The summed E-state index contributed by atoms with van der Waals surface area (Å²) in [6, 6.07) is 1.20. The highest BCUT2D eigenvalue weighted by molar-refractivity contribution is 5.56. The Morgan fingerprint density at radius 1 is 1.18 bits per heavy atom. The molecule has 4 nitrogen and oxygen atoms in total. The Hall–Kier alpha value is -1.49. The number of hydrogen-bond donors (Lipinski definition) is 1. The van der Waals surface area contributed by atoms with Gasteiger partial charge in [-0.3, -0.25) is 0 Å². The van der Waals surface area contributed by atoms with Crippen LogP contribution in [0.2, 0.25) is 0 Å². The van der Waals surface area contributed by atoms with Crippen LogP contribution < -0.4 is 14.2 Å². The minimum atomic E-state index is -0.541. The highest BCUT2D eigenvalue weighted by Crippen LogP contribution is 2.43. The second-order valence-corrected chi connectivity index (χ2v) is 3.62. The lowest BCUT2D eigenvalue weighted by Crippen LogP contribution is -2.07. The molecule has 0 spiro atoms. The van der Waals surface area contributed by atoms with Crippen LogP contribution in [-0.4, -0.2) is 33.0 Å². The van der Waals surface area contributed by atoms with Crippen molar-refractivity contribution in [3.05, 3.63) is 17.4 Å². The Morgan fingerprint density at radius 2 is 1.76 bits per heavy atom.